The molecule has 2 amide bonds. The van der Waals surface area contributed by atoms with Crippen LogP contribution in [0.15, 0.2) is 18.2 Å². The summed E-state index contributed by atoms with van der Waals surface area (Å²) in [4.78, 5) is 16.5. The lowest BCUT2D eigenvalue weighted by molar-refractivity contribution is -0.137. The van der Waals surface area contributed by atoms with Crippen molar-refractivity contribution in [3.05, 3.63) is 29.3 Å². The number of nitrogens with zero attached hydrogens (tertiary/aromatic N) is 3. The molecule has 188 valence electrons. The minimum absolute atomic E-state index is 0.125. The molecule has 0 spiro atoms. The van der Waals surface area contributed by atoms with E-state index in [2.05, 4.69) is 5.32 Å². The lowest BCUT2D eigenvalue weighted by Gasteiger charge is -2.43. The Bertz CT molecular complexity index is 902. The number of benzene rings is 1. The third-order valence-corrected chi connectivity index (χ3v) is 6.63. The van der Waals surface area contributed by atoms with Gasteiger partial charge in [-0.3, -0.25) is 0 Å². The molecule has 7 nitrogen and oxygen atoms in total. The summed E-state index contributed by atoms with van der Waals surface area (Å²) in [5.41, 5.74) is -1.30. The molecular formula is C24H33F3N4O3. The zero-order valence-corrected chi connectivity index (χ0v) is 20.0. The SMILES string of the molecule is COCCOC[C@@]12CN(C(=O)NCC(C)C)CC[C@@H]1CN(c1ccc(C#N)c(C(F)(F)F)c1)C2. The van der Waals surface area contributed by atoms with Gasteiger partial charge in [-0.15, -0.1) is 0 Å². The van der Waals surface area contributed by atoms with Crippen molar-refractivity contribution in [3.63, 3.8) is 0 Å². The molecule has 0 bridgehead atoms. The summed E-state index contributed by atoms with van der Waals surface area (Å²) in [6, 6.07) is 5.36. The highest BCUT2D eigenvalue weighted by Gasteiger charge is 2.51. The number of piperidine rings is 1. The predicted molar refractivity (Wildman–Crippen MR) is 121 cm³/mol. The van der Waals surface area contributed by atoms with Crippen LogP contribution >= 0.6 is 0 Å². The highest BCUT2D eigenvalue weighted by atomic mass is 19.4. The van der Waals surface area contributed by atoms with E-state index in [4.69, 9.17) is 14.7 Å². The number of carbonyl (C=O) groups is 1. The van der Waals surface area contributed by atoms with Gasteiger partial charge in [-0.2, -0.15) is 18.4 Å². The zero-order valence-electron chi connectivity index (χ0n) is 20.0. The lowest BCUT2D eigenvalue weighted by Crippen LogP contribution is -2.55. The molecule has 2 saturated heterocycles. The van der Waals surface area contributed by atoms with E-state index in [0.29, 0.717) is 64.1 Å². The maximum absolute atomic E-state index is 13.5. The number of hydrogen-bond acceptors (Lipinski definition) is 5. The number of nitrogens with one attached hydrogen (secondary N) is 1. The first-order valence-corrected chi connectivity index (χ1v) is 11.6. The molecule has 2 atom stereocenters. The van der Waals surface area contributed by atoms with Gasteiger partial charge in [0, 0.05) is 50.9 Å². The van der Waals surface area contributed by atoms with Crippen LogP contribution < -0.4 is 10.2 Å². The Labute approximate surface area is 198 Å². The molecule has 1 aromatic carbocycles. The molecule has 2 heterocycles. The van der Waals surface area contributed by atoms with Gasteiger partial charge in [0.1, 0.15) is 0 Å². The number of carbonyl (C=O) groups excluding carboxylic acids is 1. The van der Waals surface area contributed by atoms with Gasteiger partial charge in [-0.25, -0.2) is 4.79 Å². The van der Waals surface area contributed by atoms with E-state index in [1.165, 1.54) is 6.07 Å². The summed E-state index contributed by atoms with van der Waals surface area (Å²) in [6.07, 6.45) is -3.87. The number of anilines is 1. The number of amides is 2. The van der Waals surface area contributed by atoms with Crippen LogP contribution in [0.1, 0.15) is 31.4 Å². The number of ether oxygens (including phenoxy) is 2. The molecule has 0 aromatic heterocycles. The van der Waals surface area contributed by atoms with Gasteiger partial charge in [-0.05, 0) is 36.5 Å². The average Bonchev–Trinajstić information content (AvgIpc) is 3.18. The average molecular weight is 483 g/mol. The summed E-state index contributed by atoms with van der Waals surface area (Å²) in [5.74, 6) is 0.489. The Balaban J connectivity index is 1.83. The quantitative estimate of drug-likeness (QED) is 0.572. The Kier molecular flexibility index (Phi) is 8.31. The van der Waals surface area contributed by atoms with Crippen molar-refractivity contribution in [3.8, 4) is 6.07 Å². The predicted octanol–water partition coefficient (Wildman–Crippen LogP) is 3.73. The molecule has 2 aliphatic heterocycles. The second-order valence-corrected chi connectivity index (χ2v) is 9.61. The fourth-order valence-corrected chi connectivity index (χ4v) is 4.84. The number of halogens is 3. The van der Waals surface area contributed by atoms with Crippen LogP contribution in [0.4, 0.5) is 23.7 Å². The largest absolute Gasteiger partial charge is 0.417 e. The van der Waals surface area contributed by atoms with Crippen molar-refractivity contribution < 1.29 is 27.4 Å². The fraction of sp³-hybridized carbons (Fsp3) is 0.667. The van der Waals surface area contributed by atoms with Crippen molar-refractivity contribution >= 4 is 11.7 Å². The molecule has 10 heteroatoms. The number of nitriles is 1. The second-order valence-electron chi connectivity index (χ2n) is 9.61. The molecule has 0 unspecified atom stereocenters. The molecule has 3 rings (SSSR count). The Hall–Kier alpha value is -2.51. The molecule has 1 aromatic rings. The third-order valence-electron chi connectivity index (χ3n) is 6.63. The van der Waals surface area contributed by atoms with Gasteiger partial charge in [0.05, 0.1) is 37.0 Å². The van der Waals surface area contributed by atoms with Gasteiger partial charge < -0.3 is 24.6 Å². The highest BCUT2D eigenvalue weighted by Crippen LogP contribution is 2.45. The topological polar surface area (TPSA) is 77.8 Å². The monoisotopic (exact) mass is 482 g/mol. The Morgan fingerprint density at radius 2 is 2.09 bits per heavy atom. The van der Waals surface area contributed by atoms with Crippen molar-refractivity contribution in [2.45, 2.75) is 26.4 Å². The Morgan fingerprint density at radius 3 is 2.74 bits per heavy atom. The molecule has 0 saturated carbocycles. The smallest absolute Gasteiger partial charge is 0.382 e. The number of hydrogen-bond donors (Lipinski definition) is 1. The van der Waals surface area contributed by atoms with Gasteiger partial charge in [-0.1, -0.05) is 13.8 Å². The molecule has 2 aliphatic rings. The van der Waals surface area contributed by atoms with Gasteiger partial charge in [0.25, 0.3) is 0 Å². The number of fused-ring (bicyclic) bond motifs is 1. The van der Waals surface area contributed by atoms with Crippen molar-refractivity contribution in [2.75, 3.05) is 64.6 Å². The van der Waals surface area contributed by atoms with E-state index in [0.717, 1.165) is 12.5 Å². The third kappa shape index (κ3) is 5.94. The summed E-state index contributed by atoms with van der Waals surface area (Å²) in [7, 11) is 1.59. The van der Waals surface area contributed by atoms with Crippen molar-refractivity contribution in [1.29, 1.82) is 5.26 Å². The van der Waals surface area contributed by atoms with Crippen molar-refractivity contribution in [1.82, 2.24) is 10.2 Å². The first-order chi connectivity index (χ1) is 16.1. The van der Waals surface area contributed by atoms with Crippen LogP contribution in [0.25, 0.3) is 0 Å². The fourth-order valence-electron chi connectivity index (χ4n) is 4.84. The van der Waals surface area contributed by atoms with Crippen LogP contribution in [0.2, 0.25) is 0 Å². The number of rotatable bonds is 8. The summed E-state index contributed by atoms with van der Waals surface area (Å²) < 4.78 is 51.6. The van der Waals surface area contributed by atoms with E-state index in [-0.39, 0.29) is 11.9 Å². The highest BCUT2D eigenvalue weighted by molar-refractivity contribution is 5.74. The summed E-state index contributed by atoms with van der Waals surface area (Å²) >= 11 is 0. The number of urea groups is 1. The van der Waals surface area contributed by atoms with Gasteiger partial charge in [0.15, 0.2) is 0 Å². The van der Waals surface area contributed by atoms with Crippen LogP contribution in [-0.2, 0) is 15.7 Å². The van der Waals surface area contributed by atoms with Gasteiger partial charge >= 0.3 is 12.2 Å². The number of likely N-dealkylation sites (tertiary alicyclic amines) is 1. The normalized spacial score (nSPS) is 22.6. The second kappa shape index (κ2) is 10.8. The van der Waals surface area contributed by atoms with Crippen LogP contribution in [-0.4, -0.2) is 70.6 Å². The summed E-state index contributed by atoms with van der Waals surface area (Å²) in [5, 5.41) is 12.1. The minimum Gasteiger partial charge on any atom is -0.382 e. The lowest BCUT2D eigenvalue weighted by atomic mass is 9.74. The first-order valence-electron chi connectivity index (χ1n) is 11.6. The summed E-state index contributed by atoms with van der Waals surface area (Å²) in [6.45, 7) is 7.93. The maximum atomic E-state index is 13.5. The van der Waals surface area contributed by atoms with Crippen molar-refractivity contribution in [2.24, 2.45) is 17.3 Å². The maximum Gasteiger partial charge on any atom is 0.417 e. The first kappa shape index (κ1) is 26.1. The van der Waals surface area contributed by atoms with E-state index >= 15 is 0 Å². The molecule has 2 fully saturated rings. The molecular weight excluding hydrogens is 449 g/mol. The van der Waals surface area contributed by atoms with E-state index in [1.807, 2.05) is 18.7 Å². The molecule has 1 N–H and O–H groups in total. The van der Waals surface area contributed by atoms with E-state index in [9.17, 15) is 18.0 Å². The Morgan fingerprint density at radius 1 is 1.32 bits per heavy atom. The minimum atomic E-state index is -4.61. The van der Waals surface area contributed by atoms with Gasteiger partial charge in [0.2, 0.25) is 0 Å². The standard InChI is InChI=1S/C24H33F3N4O3/c1-17(2)12-29-22(32)30-7-6-19-13-31(15-23(19,14-30)16-34-9-8-33-3)20-5-4-18(11-28)21(10-20)24(25,26)27/h4-5,10,17,19H,6-9,12-16H2,1-3H3,(H,29,32)/t19-,23+/m1/s1. The number of methoxy groups -OCH3 is 1. The number of alkyl halides is 3. The molecule has 0 aliphatic carbocycles. The van der Waals surface area contributed by atoms with E-state index < -0.39 is 22.7 Å². The van der Waals surface area contributed by atoms with Crippen LogP contribution in [0.5, 0.6) is 0 Å². The zero-order chi connectivity index (χ0) is 24.9. The van der Waals surface area contributed by atoms with Crippen LogP contribution in [0.3, 0.4) is 0 Å². The molecule has 0 radical (unpaired) electrons. The molecule has 34 heavy (non-hydrogen) atoms. The van der Waals surface area contributed by atoms with E-state index in [1.54, 1.807) is 24.1 Å². The van der Waals surface area contributed by atoms with Crippen LogP contribution in [0, 0.1) is 28.6 Å².